The maximum atomic E-state index is 13.1. The highest BCUT2D eigenvalue weighted by molar-refractivity contribution is 5.59. The zero-order chi connectivity index (χ0) is 15.6. The van der Waals surface area contributed by atoms with Crippen LogP contribution in [0.2, 0.25) is 0 Å². The van der Waals surface area contributed by atoms with Crippen molar-refractivity contribution in [2.45, 2.75) is 25.1 Å². The van der Waals surface area contributed by atoms with E-state index in [4.69, 9.17) is 0 Å². The molecule has 1 atom stereocenters. The summed E-state index contributed by atoms with van der Waals surface area (Å²) in [7, 11) is 0. The van der Waals surface area contributed by atoms with Gasteiger partial charge in [-0.25, -0.2) is 9.97 Å². The second-order valence-corrected chi connectivity index (χ2v) is 5.00. The molecular weight excluding hydrogens is 299 g/mol. The number of nitrogens with zero attached hydrogens (tertiary/aromatic N) is 4. The maximum Gasteiger partial charge on any atom is 0.420 e. The number of H-pyrrole nitrogens is 1. The van der Waals surface area contributed by atoms with Crippen molar-refractivity contribution in [2.24, 2.45) is 0 Å². The summed E-state index contributed by atoms with van der Waals surface area (Å²) in [6.07, 6.45) is -0.608. The summed E-state index contributed by atoms with van der Waals surface area (Å²) in [5.41, 5.74) is -1.20. The Morgan fingerprint density at radius 3 is 2.82 bits per heavy atom. The number of rotatable bonds is 3. The highest BCUT2D eigenvalue weighted by Crippen LogP contribution is 2.35. The Labute approximate surface area is 123 Å². The predicted octanol–water partition coefficient (Wildman–Crippen LogP) is 1.44. The minimum Gasteiger partial charge on any atom is -0.350 e. The zero-order valence-corrected chi connectivity index (χ0v) is 11.5. The van der Waals surface area contributed by atoms with Crippen LogP contribution in [0, 0.1) is 0 Å². The lowest BCUT2D eigenvalue weighted by Crippen LogP contribution is -2.38. The van der Waals surface area contributed by atoms with Crippen LogP contribution < -0.4 is 10.6 Å². The van der Waals surface area contributed by atoms with E-state index in [2.05, 4.69) is 36.0 Å². The molecule has 0 aliphatic carbocycles. The van der Waals surface area contributed by atoms with Crippen LogP contribution in [0.1, 0.15) is 18.4 Å². The first-order valence-electron chi connectivity index (χ1n) is 6.82. The van der Waals surface area contributed by atoms with E-state index in [1.165, 1.54) is 6.20 Å². The van der Waals surface area contributed by atoms with Crippen LogP contribution in [0.4, 0.5) is 19.1 Å². The highest BCUT2D eigenvalue weighted by atomic mass is 19.4. The maximum absolute atomic E-state index is 13.1. The predicted molar refractivity (Wildman–Crippen MR) is 71.9 cm³/mol. The average Bonchev–Trinajstić information content (AvgIpc) is 3.01. The molecule has 10 heteroatoms. The highest BCUT2D eigenvalue weighted by Gasteiger charge is 2.36. The van der Waals surface area contributed by atoms with Crippen molar-refractivity contribution in [2.75, 3.05) is 18.4 Å². The van der Waals surface area contributed by atoms with Gasteiger partial charge in [0.15, 0.2) is 0 Å². The number of aromatic amines is 1. The van der Waals surface area contributed by atoms with E-state index in [1.807, 2.05) is 0 Å². The normalized spacial score (nSPS) is 19.1. The molecule has 1 aliphatic rings. The molecule has 2 aromatic heterocycles. The van der Waals surface area contributed by atoms with Crippen LogP contribution in [0.5, 0.6) is 0 Å². The Kier molecular flexibility index (Phi) is 3.92. The van der Waals surface area contributed by atoms with E-state index in [0.29, 0.717) is 0 Å². The molecule has 3 rings (SSSR count). The molecular formula is C12H14F3N7. The van der Waals surface area contributed by atoms with Crippen LogP contribution in [0.15, 0.2) is 12.4 Å². The Balaban J connectivity index is 1.92. The quantitative estimate of drug-likeness (QED) is 0.794. The van der Waals surface area contributed by atoms with Gasteiger partial charge < -0.3 is 10.6 Å². The molecule has 1 saturated heterocycles. The third-order valence-corrected chi connectivity index (χ3v) is 3.38. The molecule has 3 heterocycles. The number of piperidine rings is 1. The van der Waals surface area contributed by atoms with Gasteiger partial charge in [0.25, 0.3) is 0 Å². The molecule has 2 aromatic rings. The molecule has 0 aromatic carbocycles. The van der Waals surface area contributed by atoms with Gasteiger partial charge in [-0.2, -0.15) is 13.2 Å². The number of anilines is 1. The standard InChI is InChI=1S/C12H14F3N7/c13-12(14,15)8-5-17-11(19-7-2-1-3-16-4-7)20-10(8)9-6-18-22-21-9/h5-7,16H,1-4H2,(H,17,19,20)(H,18,21,22). The Morgan fingerprint density at radius 2 is 2.18 bits per heavy atom. The Bertz CT molecular complexity index is 620. The summed E-state index contributed by atoms with van der Waals surface area (Å²) >= 11 is 0. The van der Waals surface area contributed by atoms with Crippen LogP contribution in [-0.4, -0.2) is 44.5 Å². The van der Waals surface area contributed by atoms with Gasteiger partial charge in [-0.05, 0) is 19.4 Å². The lowest BCUT2D eigenvalue weighted by molar-refractivity contribution is -0.137. The molecule has 0 saturated carbocycles. The van der Waals surface area contributed by atoms with Crippen molar-refractivity contribution in [3.05, 3.63) is 18.0 Å². The molecule has 0 amide bonds. The van der Waals surface area contributed by atoms with Crippen molar-refractivity contribution in [3.63, 3.8) is 0 Å². The number of hydrogen-bond acceptors (Lipinski definition) is 6. The third-order valence-electron chi connectivity index (χ3n) is 3.38. The number of alkyl halides is 3. The van der Waals surface area contributed by atoms with E-state index in [9.17, 15) is 13.2 Å². The summed E-state index contributed by atoms with van der Waals surface area (Å²) < 4.78 is 39.2. The molecule has 3 N–H and O–H groups in total. The van der Waals surface area contributed by atoms with Crippen molar-refractivity contribution < 1.29 is 13.2 Å². The zero-order valence-electron chi connectivity index (χ0n) is 11.5. The fraction of sp³-hybridized carbons (Fsp3) is 0.500. The van der Waals surface area contributed by atoms with Gasteiger partial charge in [-0.15, -0.1) is 5.10 Å². The first-order valence-corrected chi connectivity index (χ1v) is 6.82. The van der Waals surface area contributed by atoms with Gasteiger partial charge in [0.1, 0.15) is 17.0 Å². The van der Waals surface area contributed by atoms with E-state index >= 15 is 0 Å². The number of nitrogens with one attached hydrogen (secondary N) is 3. The third kappa shape index (κ3) is 3.16. The van der Waals surface area contributed by atoms with Crippen molar-refractivity contribution >= 4 is 5.95 Å². The Morgan fingerprint density at radius 1 is 1.32 bits per heavy atom. The van der Waals surface area contributed by atoms with Crippen molar-refractivity contribution in [1.82, 2.24) is 30.7 Å². The van der Waals surface area contributed by atoms with Gasteiger partial charge in [0, 0.05) is 18.8 Å². The summed E-state index contributed by atoms with van der Waals surface area (Å²) in [5.74, 6) is 0.153. The molecule has 0 radical (unpaired) electrons. The first kappa shape index (κ1) is 14.7. The lowest BCUT2D eigenvalue weighted by atomic mass is 10.1. The second-order valence-electron chi connectivity index (χ2n) is 5.00. The smallest absolute Gasteiger partial charge is 0.350 e. The van der Waals surface area contributed by atoms with Gasteiger partial charge in [0.2, 0.25) is 5.95 Å². The fourth-order valence-corrected chi connectivity index (χ4v) is 2.33. The molecule has 1 fully saturated rings. The number of aromatic nitrogens is 5. The molecule has 7 nitrogen and oxygen atoms in total. The molecule has 118 valence electrons. The van der Waals surface area contributed by atoms with Gasteiger partial charge >= 0.3 is 6.18 Å². The fourth-order valence-electron chi connectivity index (χ4n) is 2.33. The SMILES string of the molecule is FC(F)(F)c1cnc(NC2CCCNC2)nc1-c1c[nH]nn1. The lowest BCUT2D eigenvalue weighted by Gasteiger charge is -2.24. The molecule has 0 bridgehead atoms. The molecule has 0 spiro atoms. The van der Waals surface area contributed by atoms with Crippen LogP contribution in [0.3, 0.4) is 0 Å². The minimum absolute atomic E-state index is 0.0274. The summed E-state index contributed by atoms with van der Waals surface area (Å²) in [5, 5.41) is 15.7. The average molecular weight is 313 g/mol. The monoisotopic (exact) mass is 313 g/mol. The van der Waals surface area contributed by atoms with Crippen molar-refractivity contribution in [1.29, 1.82) is 0 Å². The van der Waals surface area contributed by atoms with Gasteiger partial charge in [0.05, 0.1) is 6.20 Å². The van der Waals surface area contributed by atoms with E-state index in [0.717, 1.165) is 32.1 Å². The largest absolute Gasteiger partial charge is 0.420 e. The number of hydrogen-bond donors (Lipinski definition) is 3. The second kappa shape index (κ2) is 5.87. The number of halogens is 3. The van der Waals surface area contributed by atoms with Gasteiger partial charge in [-0.3, -0.25) is 5.10 Å². The van der Waals surface area contributed by atoms with E-state index in [-0.39, 0.29) is 23.4 Å². The summed E-state index contributed by atoms with van der Waals surface area (Å²) in [4.78, 5) is 7.76. The van der Waals surface area contributed by atoms with Crippen molar-refractivity contribution in [3.8, 4) is 11.4 Å². The summed E-state index contributed by atoms with van der Waals surface area (Å²) in [6.45, 7) is 1.67. The molecule has 1 unspecified atom stereocenters. The minimum atomic E-state index is -4.56. The van der Waals surface area contributed by atoms with Crippen LogP contribution in [-0.2, 0) is 6.18 Å². The summed E-state index contributed by atoms with van der Waals surface area (Å²) in [6, 6.07) is 0.0932. The Hall–Kier alpha value is -2.23. The van der Waals surface area contributed by atoms with Crippen LogP contribution >= 0.6 is 0 Å². The molecule has 1 aliphatic heterocycles. The van der Waals surface area contributed by atoms with E-state index in [1.54, 1.807) is 0 Å². The topological polar surface area (TPSA) is 91.4 Å². The van der Waals surface area contributed by atoms with Gasteiger partial charge in [-0.1, -0.05) is 5.21 Å². The van der Waals surface area contributed by atoms with Crippen LogP contribution in [0.25, 0.3) is 11.4 Å². The van der Waals surface area contributed by atoms with E-state index < -0.39 is 11.7 Å². The first-order chi connectivity index (χ1) is 10.5. The molecule has 22 heavy (non-hydrogen) atoms.